The smallest absolute Gasteiger partial charge is 0.130 e. The fourth-order valence-electron chi connectivity index (χ4n) is 3.96. The fraction of sp³-hybridized carbons (Fsp3) is 0.318. The highest BCUT2D eigenvalue weighted by Gasteiger charge is 2.30. The van der Waals surface area contributed by atoms with Crippen LogP contribution in [0.5, 0.6) is 0 Å². The third-order valence-electron chi connectivity index (χ3n) is 5.61. The van der Waals surface area contributed by atoms with Gasteiger partial charge in [0.25, 0.3) is 0 Å². The van der Waals surface area contributed by atoms with Gasteiger partial charge in [-0.05, 0) is 44.2 Å². The number of benzene rings is 2. The van der Waals surface area contributed by atoms with Crippen LogP contribution in [0.2, 0.25) is 0 Å². The van der Waals surface area contributed by atoms with Gasteiger partial charge in [0.15, 0.2) is 0 Å². The Kier molecular flexibility index (Phi) is 5.90. The molecule has 8 heteroatoms. The van der Waals surface area contributed by atoms with Crippen LogP contribution in [0.15, 0.2) is 42.5 Å². The molecule has 3 N–H and O–H groups in total. The van der Waals surface area contributed by atoms with E-state index in [1.54, 1.807) is 16.8 Å². The van der Waals surface area contributed by atoms with E-state index in [4.69, 9.17) is 0 Å². The molecule has 2 unspecified atom stereocenters. The lowest BCUT2D eigenvalue weighted by Gasteiger charge is -2.20. The van der Waals surface area contributed by atoms with E-state index < -0.39 is 11.6 Å². The first kappa shape index (κ1) is 20.6. The Balaban J connectivity index is 1.43. The van der Waals surface area contributed by atoms with Crippen molar-refractivity contribution < 1.29 is 13.2 Å². The number of halogens is 3. The van der Waals surface area contributed by atoms with Crippen LogP contribution in [0, 0.1) is 37.2 Å². The topological polar surface area (TPSA) is 53.9 Å². The summed E-state index contributed by atoms with van der Waals surface area (Å²) in [4.78, 5) is 0. The van der Waals surface area contributed by atoms with Crippen LogP contribution < -0.4 is 16.2 Å². The van der Waals surface area contributed by atoms with Crippen molar-refractivity contribution in [1.82, 2.24) is 25.9 Å². The molecular formula is C22H24F3N5. The molecule has 1 fully saturated rings. The van der Waals surface area contributed by atoms with Crippen LogP contribution >= 0.6 is 0 Å². The molecule has 3 aromatic rings. The van der Waals surface area contributed by atoms with Gasteiger partial charge in [0.2, 0.25) is 0 Å². The highest BCUT2D eigenvalue weighted by Crippen LogP contribution is 2.27. The first-order valence-electron chi connectivity index (χ1n) is 9.89. The van der Waals surface area contributed by atoms with Crippen molar-refractivity contribution in [1.29, 1.82) is 0 Å². The Bertz CT molecular complexity index is 1030. The minimum absolute atomic E-state index is 0.0951. The minimum atomic E-state index is -0.582. The van der Waals surface area contributed by atoms with Gasteiger partial charge in [-0.15, -0.1) is 0 Å². The van der Waals surface area contributed by atoms with Crippen molar-refractivity contribution in [2.75, 3.05) is 13.1 Å². The molecule has 30 heavy (non-hydrogen) atoms. The molecule has 1 saturated heterocycles. The number of hydrazine groups is 1. The molecule has 5 nitrogen and oxygen atoms in total. The number of hydrogen-bond donors (Lipinski definition) is 3. The highest BCUT2D eigenvalue weighted by molar-refractivity contribution is 5.37. The molecule has 0 spiro atoms. The van der Waals surface area contributed by atoms with Gasteiger partial charge in [0.1, 0.15) is 17.5 Å². The van der Waals surface area contributed by atoms with Gasteiger partial charge in [-0.25, -0.2) is 23.3 Å². The van der Waals surface area contributed by atoms with Crippen LogP contribution in [0.1, 0.15) is 28.6 Å². The van der Waals surface area contributed by atoms with Gasteiger partial charge in [-0.3, -0.25) is 5.43 Å². The summed E-state index contributed by atoms with van der Waals surface area (Å²) in [6.07, 6.45) is 0. The summed E-state index contributed by atoms with van der Waals surface area (Å²) in [6, 6.07) is 9.66. The molecule has 0 bridgehead atoms. The average Bonchev–Trinajstić information content (AvgIpc) is 3.28. The van der Waals surface area contributed by atoms with Gasteiger partial charge in [0, 0.05) is 48.4 Å². The van der Waals surface area contributed by atoms with Crippen LogP contribution in [-0.4, -0.2) is 22.9 Å². The Morgan fingerprint density at radius 3 is 2.53 bits per heavy atom. The minimum Gasteiger partial charge on any atom is -0.312 e. The quantitative estimate of drug-likeness (QED) is 0.577. The zero-order chi connectivity index (χ0) is 21.3. The summed E-state index contributed by atoms with van der Waals surface area (Å²) in [5, 5.41) is 8.03. The lowest BCUT2D eigenvalue weighted by molar-refractivity contribution is 0.424. The average molecular weight is 415 g/mol. The summed E-state index contributed by atoms with van der Waals surface area (Å²) >= 11 is 0. The summed E-state index contributed by atoms with van der Waals surface area (Å²) < 4.78 is 42.4. The Hall–Kier alpha value is -2.68. The van der Waals surface area contributed by atoms with E-state index in [0.717, 1.165) is 28.7 Å². The maximum Gasteiger partial charge on any atom is 0.130 e. The predicted molar refractivity (Wildman–Crippen MR) is 108 cm³/mol. The zero-order valence-electron chi connectivity index (χ0n) is 16.8. The van der Waals surface area contributed by atoms with Crippen molar-refractivity contribution in [3.8, 4) is 5.69 Å². The first-order valence-corrected chi connectivity index (χ1v) is 9.89. The molecule has 0 radical (unpaired) electrons. The molecule has 1 aromatic heterocycles. The molecule has 2 heterocycles. The molecular weight excluding hydrogens is 391 g/mol. The Morgan fingerprint density at radius 1 is 1.07 bits per heavy atom. The summed E-state index contributed by atoms with van der Waals surface area (Å²) in [5.74, 6) is -1.32. The van der Waals surface area contributed by atoms with E-state index in [2.05, 4.69) is 21.3 Å². The van der Waals surface area contributed by atoms with Crippen LogP contribution in [0.25, 0.3) is 5.69 Å². The number of rotatable bonds is 6. The highest BCUT2D eigenvalue weighted by atomic mass is 19.1. The molecule has 1 aliphatic rings. The molecule has 2 atom stereocenters. The molecule has 2 aromatic carbocycles. The van der Waals surface area contributed by atoms with E-state index >= 15 is 0 Å². The summed E-state index contributed by atoms with van der Waals surface area (Å²) in [5.41, 5.74) is 10.4. The predicted octanol–water partition coefficient (Wildman–Crippen LogP) is 3.46. The lowest BCUT2D eigenvalue weighted by atomic mass is 9.94. The van der Waals surface area contributed by atoms with E-state index in [9.17, 15) is 13.2 Å². The third-order valence-corrected chi connectivity index (χ3v) is 5.61. The second kappa shape index (κ2) is 8.59. The van der Waals surface area contributed by atoms with E-state index in [1.165, 1.54) is 24.3 Å². The largest absolute Gasteiger partial charge is 0.312 e. The maximum atomic E-state index is 14.2. The zero-order valence-corrected chi connectivity index (χ0v) is 16.8. The van der Waals surface area contributed by atoms with Crippen molar-refractivity contribution in [2.24, 2.45) is 5.92 Å². The van der Waals surface area contributed by atoms with Gasteiger partial charge < -0.3 is 5.32 Å². The third kappa shape index (κ3) is 4.12. The van der Waals surface area contributed by atoms with Crippen molar-refractivity contribution in [3.05, 3.63) is 82.4 Å². The molecule has 0 aliphatic carbocycles. The number of aryl methyl sites for hydroxylation is 1. The number of nitrogens with zero attached hydrogens (tertiary/aromatic N) is 2. The van der Waals surface area contributed by atoms with Crippen molar-refractivity contribution >= 4 is 0 Å². The number of nitrogens with one attached hydrogen (secondary N) is 3. The van der Waals surface area contributed by atoms with Crippen LogP contribution in [0.4, 0.5) is 13.2 Å². The second-order valence-corrected chi connectivity index (χ2v) is 7.60. The molecule has 158 valence electrons. The van der Waals surface area contributed by atoms with Gasteiger partial charge in [0.05, 0.1) is 17.4 Å². The van der Waals surface area contributed by atoms with Gasteiger partial charge in [-0.2, -0.15) is 5.10 Å². The van der Waals surface area contributed by atoms with E-state index in [1.807, 2.05) is 13.8 Å². The summed E-state index contributed by atoms with van der Waals surface area (Å²) in [7, 11) is 0. The Labute approximate surface area is 173 Å². The normalized spacial score (nSPS) is 18.8. The van der Waals surface area contributed by atoms with Gasteiger partial charge >= 0.3 is 0 Å². The molecule has 4 rings (SSSR count). The molecule has 0 amide bonds. The SMILES string of the molecule is Cc1nn(-c2ccc(F)cc2)c(C)c1CNCC1CNNC1c1ccc(F)cc1F. The van der Waals surface area contributed by atoms with Crippen LogP contribution in [-0.2, 0) is 6.54 Å². The van der Waals surface area contributed by atoms with Gasteiger partial charge in [-0.1, -0.05) is 6.07 Å². The van der Waals surface area contributed by atoms with Crippen LogP contribution in [0.3, 0.4) is 0 Å². The maximum absolute atomic E-state index is 14.2. The van der Waals surface area contributed by atoms with Crippen molar-refractivity contribution in [3.63, 3.8) is 0 Å². The fourth-order valence-corrected chi connectivity index (χ4v) is 3.96. The molecule has 0 saturated carbocycles. The summed E-state index contributed by atoms with van der Waals surface area (Å²) in [6.45, 7) is 5.84. The van der Waals surface area contributed by atoms with E-state index in [-0.39, 0.29) is 17.8 Å². The second-order valence-electron chi connectivity index (χ2n) is 7.60. The molecule has 1 aliphatic heterocycles. The monoisotopic (exact) mass is 415 g/mol. The van der Waals surface area contributed by atoms with Crippen molar-refractivity contribution in [2.45, 2.75) is 26.4 Å². The lowest BCUT2D eigenvalue weighted by Crippen LogP contribution is -2.29. The number of aromatic nitrogens is 2. The number of hydrogen-bond acceptors (Lipinski definition) is 4. The Morgan fingerprint density at radius 2 is 1.80 bits per heavy atom. The standard InChI is InChI=1S/C22H24F3N5/c1-13-20(14(2)30(29-13)18-6-3-16(23)4-7-18)12-26-10-15-11-27-28-22(15)19-8-5-17(24)9-21(19)25/h3-9,15,22,26-28H,10-12H2,1-2H3. The first-order chi connectivity index (χ1) is 14.4. The van der Waals surface area contributed by atoms with E-state index in [0.29, 0.717) is 25.2 Å².